The molecule has 0 saturated carbocycles. The Morgan fingerprint density at radius 1 is 0.848 bits per heavy atom. The minimum atomic E-state index is -3.09. The summed E-state index contributed by atoms with van der Waals surface area (Å²) in [7, 11) is 1.73. The van der Waals surface area contributed by atoms with Gasteiger partial charge in [0.15, 0.2) is 0 Å². The van der Waals surface area contributed by atoms with Crippen LogP contribution in [0.15, 0.2) is 77.9 Å². The maximum absolute atomic E-state index is 9.48. The van der Waals surface area contributed by atoms with Crippen molar-refractivity contribution in [2.24, 2.45) is 16.6 Å². The molecule has 0 fully saturated rings. The van der Waals surface area contributed by atoms with Crippen LogP contribution in [0.1, 0.15) is 16.7 Å². The fourth-order valence-electron chi connectivity index (χ4n) is 2.94. The highest BCUT2D eigenvalue weighted by molar-refractivity contribution is 8.09. The fraction of sp³-hybridized carbons (Fsp3) is 0.208. The van der Waals surface area contributed by atoms with Crippen LogP contribution >= 0.6 is 6.64 Å². The molecule has 0 atom stereocenters. The molecule has 0 amide bonds. The lowest BCUT2D eigenvalue weighted by atomic mass is 10.1. The van der Waals surface area contributed by atoms with Crippen LogP contribution in [0.25, 0.3) is 0 Å². The summed E-state index contributed by atoms with van der Waals surface area (Å²) in [6, 6.07) is 22.0. The first-order chi connectivity index (χ1) is 15.9. The predicted octanol–water partition coefficient (Wildman–Crippen LogP) is 4.04. The molecule has 174 valence electrons. The standard InChI is InChI=1S/C24H29N4O3PS/c1-28(27-18-21-2-8-22(29)9-3-21)32(33,30-23-10-4-19(5-11-23)14-16-25)31-24-12-6-20(7-13-24)15-17-26/h2-13,18,29H,14-17,25-26H2,1H3/b27-18+. The number of benzene rings is 3. The minimum absolute atomic E-state index is 0.188. The molecule has 0 aliphatic carbocycles. The van der Waals surface area contributed by atoms with E-state index >= 15 is 0 Å². The van der Waals surface area contributed by atoms with Gasteiger partial charge in [0, 0.05) is 18.9 Å². The molecule has 0 unspecified atom stereocenters. The van der Waals surface area contributed by atoms with Gasteiger partial charge in [-0.25, -0.2) is 4.78 Å². The van der Waals surface area contributed by atoms with E-state index in [-0.39, 0.29) is 5.75 Å². The summed E-state index contributed by atoms with van der Waals surface area (Å²) in [5.74, 6) is 1.37. The van der Waals surface area contributed by atoms with Crippen LogP contribution in [0.5, 0.6) is 17.2 Å². The first-order valence-corrected chi connectivity index (χ1v) is 13.2. The summed E-state index contributed by atoms with van der Waals surface area (Å²) < 4.78 is 14.0. The number of nitrogens with two attached hydrogens (primary N) is 2. The van der Waals surface area contributed by atoms with Crippen LogP contribution in [0.3, 0.4) is 0 Å². The zero-order chi connectivity index (χ0) is 23.7. The van der Waals surface area contributed by atoms with Crippen molar-refractivity contribution in [3.05, 3.63) is 89.5 Å². The van der Waals surface area contributed by atoms with E-state index < -0.39 is 6.64 Å². The van der Waals surface area contributed by atoms with E-state index in [4.69, 9.17) is 32.3 Å². The van der Waals surface area contributed by atoms with Gasteiger partial charge in [0.1, 0.15) is 17.2 Å². The molecule has 0 aromatic heterocycles. The molecule has 3 aromatic carbocycles. The summed E-state index contributed by atoms with van der Waals surface area (Å²) >= 11 is 5.89. The van der Waals surface area contributed by atoms with Crippen molar-refractivity contribution >= 4 is 24.7 Å². The molecule has 0 saturated heterocycles. The van der Waals surface area contributed by atoms with Crippen molar-refractivity contribution in [2.45, 2.75) is 12.8 Å². The van der Waals surface area contributed by atoms with Crippen LogP contribution in [0.4, 0.5) is 0 Å². The Hall–Kier alpha value is -2.90. The van der Waals surface area contributed by atoms with E-state index in [1.165, 1.54) is 4.78 Å². The molecule has 5 N–H and O–H groups in total. The van der Waals surface area contributed by atoms with Crippen LogP contribution < -0.4 is 20.5 Å². The summed E-state index contributed by atoms with van der Waals surface area (Å²) in [6.45, 7) is -1.93. The van der Waals surface area contributed by atoms with Crippen molar-refractivity contribution < 1.29 is 14.2 Å². The average Bonchev–Trinajstić information content (AvgIpc) is 2.81. The van der Waals surface area contributed by atoms with Crippen molar-refractivity contribution in [1.82, 2.24) is 4.78 Å². The monoisotopic (exact) mass is 484 g/mol. The number of nitrogens with zero attached hydrogens (tertiary/aromatic N) is 2. The predicted molar refractivity (Wildman–Crippen MR) is 137 cm³/mol. The Morgan fingerprint density at radius 2 is 1.30 bits per heavy atom. The Bertz CT molecular complexity index is 1030. The maximum Gasteiger partial charge on any atom is 0.410 e. The molecule has 0 heterocycles. The lowest BCUT2D eigenvalue weighted by Gasteiger charge is -2.29. The Kier molecular flexibility index (Phi) is 8.86. The topological polar surface area (TPSA) is 106 Å². The number of hydrazone groups is 1. The molecule has 0 spiro atoms. The van der Waals surface area contributed by atoms with Gasteiger partial charge in [0.25, 0.3) is 0 Å². The summed E-state index contributed by atoms with van der Waals surface area (Å²) in [5, 5.41) is 13.9. The number of aromatic hydroxyl groups is 1. The highest BCUT2D eigenvalue weighted by Gasteiger charge is 2.28. The molecule has 3 rings (SSSR count). The lowest BCUT2D eigenvalue weighted by molar-refractivity contribution is 0.396. The van der Waals surface area contributed by atoms with Crippen LogP contribution in [0, 0.1) is 0 Å². The average molecular weight is 485 g/mol. The van der Waals surface area contributed by atoms with E-state index in [1.54, 1.807) is 37.5 Å². The van der Waals surface area contributed by atoms with Crippen molar-refractivity contribution in [1.29, 1.82) is 0 Å². The summed E-state index contributed by atoms with van der Waals surface area (Å²) in [5.41, 5.74) is 14.3. The molecular weight excluding hydrogens is 455 g/mol. The molecule has 3 aromatic rings. The third-order valence-electron chi connectivity index (χ3n) is 4.78. The molecule has 0 radical (unpaired) electrons. The number of phenolic OH excluding ortho intramolecular Hbond substituents is 1. The summed E-state index contributed by atoms with van der Waals surface area (Å²) in [6.07, 6.45) is 3.22. The fourth-order valence-corrected chi connectivity index (χ4v) is 4.82. The van der Waals surface area contributed by atoms with E-state index in [1.807, 2.05) is 48.5 Å². The van der Waals surface area contributed by atoms with Crippen LogP contribution in [0.2, 0.25) is 0 Å². The second-order valence-electron chi connectivity index (χ2n) is 7.34. The van der Waals surface area contributed by atoms with Crippen LogP contribution in [-0.2, 0) is 24.6 Å². The molecule has 0 aliphatic rings. The van der Waals surface area contributed by atoms with E-state index in [0.29, 0.717) is 24.6 Å². The number of hydrogen-bond acceptors (Lipinski definition) is 7. The van der Waals surface area contributed by atoms with Gasteiger partial charge >= 0.3 is 6.64 Å². The Balaban J connectivity index is 1.84. The first-order valence-electron chi connectivity index (χ1n) is 10.6. The molecule has 9 heteroatoms. The van der Waals surface area contributed by atoms with Crippen LogP contribution in [-0.4, -0.2) is 36.2 Å². The van der Waals surface area contributed by atoms with Gasteiger partial charge in [0.2, 0.25) is 0 Å². The zero-order valence-electron chi connectivity index (χ0n) is 18.5. The smallest absolute Gasteiger partial charge is 0.410 e. The quantitative estimate of drug-likeness (QED) is 0.214. The number of hydrogen-bond donors (Lipinski definition) is 3. The van der Waals surface area contributed by atoms with Gasteiger partial charge in [-0.2, -0.15) is 5.10 Å². The highest BCUT2D eigenvalue weighted by Crippen LogP contribution is 2.51. The van der Waals surface area contributed by atoms with Gasteiger partial charge in [-0.1, -0.05) is 24.3 Å². The van der Waals surface area contributed by atoms with Gasteiger partial charge in [-0.05, 0) is 91.2 Å². The molecule has 7 nitrogen and oxygen atoms in total. The molecule has 0 aliphatic heterocycles. The third kappa shape index (κ3) is 7.30. The zero-order valence-corrected chi connectivity index (χ0v) is 20.2. The second-order valence-corrected chi connectivity index (χ2v) is 10.6. The highest BCUT2D eigenvalue weighted by atomic mass is 32.5. The van der Waals surface area contributed by atoms with E-state index in [0.717, 1.165) is 29.5 Å². The van der Waals surface area contributed by atoms with E-state index in [9.17, 15) is 5.11 Å². The Labute approximate surface area is 199 Å². The molecule has 0 bridgehead atoms. The maximum atomic E-state index is 9.48. The van der Waals surface area contributed by atoms with Crippen molar-refractivity contribution in [2.75, 3.05) is 20.1 Å². The van der Waals surface area contributed by atoms with Crippen molar-refractivity contribution in [3.8, 4) is 17.2 Å². The van der Waals surface area contributed by atoms with Gasteiger partial charge in [0.05, 0.1) is 6.21 Å². The number of rotatable bonds is 11. The normalized spacial score (nSPS) is 11.5. The number of phenols is 1. The van der Waals surface area contributed by atoms with E-state index in [2.05, 4.69) is 5.10 Å². The minimum Gasteiger partial charge on any atom is -0.508 e. The Morgan fingerprint density at radius 3 is 1.73 bits per heavy atom. The molecule has 33 heavy (non-hydrogen) atoms. The largest absolute Gasteiger partial charge is 0.508 e. The second kappa shape index (κ2) is 11.8. The summed E-state index contributed by atoms with van der Waals surface area (Å²) in [4.78, 5) is 0. The van der Waals surface area contributed by atoms with Crippen molar-refractivity contribution in [3.63, 3.8) is 0 Å². The third-order valence-corrected chi connectivity index (χ3v) is 7.63. The first kappa shape index (κ1) is 24.7. The lowest BCUT2D eigenvalue weighted by Crippen LogP contribution is -2.17. The molecular formula is C24H29N4O3PS. The van der Waals surface area contributed by atoms with Gasteiger partial charge < -0.3 is 25.6 Å². The van der Waals surface area contributed by atoms with Gasteiger partial charge in [-0.15, -0.1) is 0 Å². The SMILES string of the molecule is CN(/N=C/c1ccc(O)cc1)P(=S)(Oc1ccc(CCN)cc1)Oc1ccc(CCN)cc1. The van der Waals surface area contributed by atoms with Gasteiger partial charge in [-0.3, -0.25) is 0 Å².